The van der Waals surface area contributed by atoms with E-state index in [1.54, 1.807) is 26.8 Å². The Kier molecular flexibility index (Phi) is 5.41. The van der Waals surface area contributed by atoms with Crippen molar-refractivity contribution in [1.29, 1.82) is 0 Å². The summed E-state index contributed by atoms with van der Waals surface area (Å²) in [6.45, 7) is 5.29. The lowest BCUT2D eigenvalue weighted by molar-refractivity contribution is 0.560. The van der Waals surface area contributed by atoms with Gasteiger partial charge in [-0.3, -0.25) is 0 Å². The van der Waals surface area contributed by atoms with E-state index in [0.717, 1.165) is 0 Å². The fourth-order valence-corrected chi connectivity index (χ4v) is 2.88. The summed E-state index contributed by atoms with van der Waals surface area (Å²) >= 11 is 17.7. The maximum absolute atomic E-state index is 11.9. The second-order valence-electron chi connectivity index (χ2n) is 5.10. The molecule has 0 atom stereocenters. The van der Waals surface area contributed by atoms with E-state index in [1.807, 2.05) is 0 Å². The normalized spacial score (nSPS) is 12.5. The van der Waals surface area contributed by atoms with Crippen LogP contribution in [0.3, 0.4) is 0 Å². The lowest BCUT2D eigenvalue weighted by Gasteiger charge is -2.19. The largest absolute Gasteiger partial charge is 0.383 e. The third kappa shape index (κ3) is 4.42. The molecule has 0 radical (unpaired) electrons. The Morgan fingerprint density at radius 3 is 2.11 bits per heavy atom. The molecule has 1 aromatic carbocycles. The number of sulfone groups is 1. The van der Waals surface area contributed by atoms with Crippen molar-refractivity contribution in [2.45, 2.75) is 25.5 Å². The molecule has 3 nitrogen and oxygen atoms in total. The zero-order chi connectivity index (χ0) is 14.8. The molecule has 0 aliphatic rings. The van der Waals surface area contributed by atoms with E-state index < -0.39 is 14.6 Å². The topological polar surface area (TPSA) is 46.2 Å². The molecule has 1 N–H and O–H groups in total. The lowest BCUT2D eigenvalue weighted by Crippen LogP contribution is -2.32. The molecule has 0 aromatic heterocycles. The fourth-order valence-electron chi connectivity index (χ4n) is 1.28. The third-order valence-electron chi connectivity index (χ3n) is 2.63. The molecule has 1 rings (SSSR count). The molecule has 0 spiro atoms. The van der Waals surface area contributed by atoms with Crippen molar-refractivity contribution in [3.8, 4) is 0 Å². The van der Waals surface area contributed by atoms with E-state index in [2.05, 4.69) is 5.32 Å². The number of anilines is 1. The number of nitrogens with one attached hydrogen (secondary N) is 1. The Labute approximate surface area is 129 Å². The third-order valence-corrected chi connectivity index (χ3v) is 6.27. The van der Waals surface area contributed by atoms with Crippen molar-refractivity contribution in [3.05, 3.63) is 27.2 Å². The first kappa shape index (κ1) is 16.9. The van der Waals surface area contributed by atoms with Gasteiger partial charge in [0.15, 0.2) is 9.84 Å². The number of hydrogen-bond donors (Lipinski definition) is 1. The van der Waals surface area contributed by atoms with Crippen LogP contribution in [-0.2, 0) is 9.84 Å². The van der Waals surface area contributed by atoms with E-state index in [9.17, 15) is 8.42 Å². The fraction of sp³-hybridized carbons (Fsp3) is 0.500. The van der Waals surface area contributed by atoms with Gasteiger partial charge in [0.25, 0.3) is 0 Å². The second-order valence-corrected chi connectivity index (χ2v) is 9.19. The summed E-state index contributed by atoms with van der Waals surface area (Å²) in [5.74, 6) is 0.0209. The summed E-state index contributed by atoms with van der Waals surface area (Å²) in [5.41, 5.74) is 0.570. The van der Waals surface area contributed by atoms with Gasteiger partial charge in [0.05, 0.1) is 31.3 Å². The highest BCUT2D eigenvalue weighted by atomic mass is 35.5. The highest BCUT2D eigenvalue weighted by molar-refractivity contribution is 7.92. The predicted octanol–water partition coefficient (Wildman–Crippen LogP) is 4.27. The van der Waals surface area contributed by atoms with Crippen LogP contribution >= 0.6 is 34.8 Å². The van der Waals surface area contributed by atoms with Crippen molar-refractivity contribution in [3.63, 3.8) is 0 Å². The van der Waals surface area contributed by atoms with Crippen LogP contribution < -0.4 is 5.32 Å². The van der Waals surface area contributed by atoms with Gasteiger partial charge in [-0.2, -0.15) is 0 Å². The average molecular weight is 345 g/mol. The molecular weight excluding hydrogens is 329 g/mol. The van der Waals surface area contributed by atoms with Crippen molar-refractivity contribution in [2.24, 2.45) is 0 Å². The monoisotopic (exact) mass is 343 g/mol. The molecular formula is C12H16Cl3NO2S. The molecule has 0 saturated carbocycles. The minimum atomic E-state index is -3.16. The SMILES string of the molecule is CC(C)(C)S(=O)(=O)CCNc1cc(Cl)c(Cl)cc1Cl. The quantitative estimate of drug-likeness (QED) is 0.830. The molecule has 0 saturated heterocycles. The summed E-state index contributed by atoms with van der Waals surface area (Å²) in [6, 6.07) is 3.10. The first-order valence-electron chi connectivity index (χ1n) is 5.65. The Hall–Kier alpha value is -0.160. The molecule has 0 fully saturated rings. The Bertz CT molecular complexity index is 565. The minimum absolute atomic E-state index is 0.0209. The Morgan fingerprint density at radius 1 is 1.05 bits per heavy atom. The maximum Gasteiger partial charge on any atom is 0.156 e. The average Bonchev–Trinajstić information content (AvgIpc) is 2.23. The van der Waals surface area contributed by atoms with Gasteiger partial charge >= 0.3 is 0 Å². The van der Waals surface area contributed by atoms with Gasteiger partial charge in [-0.25, -0.2) is 8.42 Å². The number of rotatable bonds is 4. The molecule has 0 aliphatic carbocycles. The molecule has 7 heteroatoms. The predicted molar refractivity (Wildman–Crippen MR) is 83.5 cm³/mol. The van der Waals surface area contributed by atoms with Gasteiger partial charge in [-0.05, 0) is 32.9 Å². The summed E-state index contributed by atoms with van der Waals surface area (Å²) in [5, 5.41) is 4.09. The van der Waals surface area contributed by atoms with Gasteiger partial charge in [0, 0.05) is 6.54 Å². The summed E-state index contributed by atoms with van der Waals surface area (Å²) in [6.07, 6.45) is 0. The molecule has 0 bridgehead atoms. The highest BCUT2D eigenvalue weighted by Crippen LogP contribution is 2.32. The zero-order valence-corrected chi connectivity index (χ0v) is 14.0. The van der Waals surface area contributed by atoms with E-state index in [-0.39, 0.29) is 12.3 Å². The first-order valence-corrected chi connectivity index (χ1v) is 8.44. The van der Waals surface area contributed by atoms with Crippen LogP contribution in [0.1, 0.15) is 20.8 Å². The summed E-state index contributed by atoms with van der Waals surface area (Å²) < 4.78 is 23.1. The molecule has 0 heterocycles. The van der Waals surface area contributed by atoms with Gasteiger partial charge in [0.1, 0.15) is 0 Å². The van der Waals surface area contributed by atoms with Crippen LogP contribution in [0.2, 0.25) is 15.1 Å². The number of benzene rings is 1. The summed E-state index contributed by atoms with van der Waals surface area (Å²) in [7, 11) is -3.16. The Balaban J connectivity index is 2.72. The number of hydrogen-bond acceptors (Lipinski definition) is 3. The van der Waals surface area contributed by atoms with E-state index in [1.165, 1.54) is 6.07 Å². The molecule has 0 aliphatic heterocycles. The van der Waals surface area contributed by atoms with Gasteiger partial charge in [-0.15, -0.1) is 0 Å². The van der Waals surface area contributed by atoms with Crippen molar-refractivity contribution in [1.82, 2.24) is 0 Å². The standard InChI is InChI=1S/C12H16Cl3NO2S/c1-12(2,3)19(17,18)5-4-16-11-7-9(14)8(13)6-10(11)15/h6-7,16H,4-5H2,1-3H3. The summed E-state index contributed by atoms with van der Waals surface area (Å²) in [4.78, 5) is 0. The molecule has 0 amide bonds. The van der Waals surface area contributed by atoms with Crippen LogP contribution in [0.5, 0.6) is 0 Å². The first-order chi connectivity index (χ1) is 8.54. The second kappa shape index (κ2) is 6.08. The molecule has 108 valence electrons. The lowest BCUT2D eigenvalue weighted by atomic mass is 10.3. The van der Waals surface area contributed by atoms with Gasteiger partial charge < -0.3 is 5.32 Å². The highest BCUT2D eigenvalue weighted by Gasteiger charge is 2.28. The van der Waals surface area contributed by atoms with Crippen molar-refractivity contribution < 1.29 is 8.42 Å². The van der Waals surface area contributed by atoms with Crippen LogP contribution in [0.25, 0.3) is 0 Å². The van der Waals surface area contributed by atoms with Crippen LogP contribution in [-0.4, -0.2) is 25.5 Å². The van der Waals surface area contributed by atoms with Crippen LogP contribution in [0.4, 0.5) is 5.69 Å². The van der Waals surface area contributed by atoms with Crippen LogP contribution in [0, 0.1) is 0 Å². The number of halogens is 3. The molecule has 1 aromatic rings. The van der Waals surface area contributed by atoms with E-state index >= 15 is 0 Å². The molecule has 19 heavy (non-hydrogen) atoms. The van der Waals surface area contributed by atoms with Gasteiger partial charge in [-0.1, -0.05) is 34.8 Å². The maximum atomic E-state index is 11.9. The van der Waals surface area contributed by atoms with Crippen LogP contribution in [0.15, 0.2) is 12.1 Å². The zero-order valence-electron chi connectivity index (χ0n) is 10.9. The van der Waals surface area contributed by atoms with E-state index in [0.29, 0.717) is 20.8 Å². The van der Waals surface area contributed by atoms with E-state index in [4.69, 9.17) is 34.8 Å². The van der Waals surface area contributed by atoms with Crippen molar-refractivity contribution in [2.75, 3.05) is 17.6 Å². The minimum Gasteiger partial charge on any atom is -0.383 e. The van der Waals surface area contributed by atoms with Gasteiger partial charge in [0.2, 0.25) is 0 Å². The smallest absolute Gasteiger partial charge is 0.156 e. The Morgan fingerprint density at radius 2 is 1.58 bits per heavy atom. The van der Waals surface area contributed by atoms with Crippen molar-refractivity contribution >= 4 is 50.3 Å². The molecule has 0 unspecified atom stereocenters.